The molecule has 0 spiro atoms. The van der Waals surface area contributed by atoms with Crippen molar-refractivity contribution in [3.8, 4) is 0 Å². The molecular formula is C66H129NO13. The van der Waals surface area contributed by atoms with E-state index in [1.165, 1.54) is 244 Å². The lowest BCUT2D eigenvalue weighted by Gasteiger charge is -2.46. The summed E-state index contributed by atoms with van der Waals surface area (Å²) in [4.78, 5) is 13.3. The molecule has 0 aromatic rings. The van der Waals surface area contributed by atoms with E-state index in [4.69, 9.17) is 18.9 Å². The molecule has 476 valence electrons. The van der Waals surface area contributed by atoms with Gasteiger partial charge in [-0.1, -0.05) is 303 Å². The zero-order valence-corrected chi connectivity index (χ0v) is 51.6. The number of hydrogen-bond donors (Lipinski definition) is 9. The second-order valence-corrected chi connectivity index (χ2v) is 24.7. The molecule has 0 aromatic carbocycles. The van der Waals surface area contributed by atoms with Gasteiger partial charge in [-0.3, -0.25) is 4.79 Å². The van der Waals surface area contributed by atoms with Gasteiger partial charge in [-0.05, 0) is 12.8 Å². The first-order chi connectivity index (χ1) is 39.1. The summed E-state index contributed by atoms with van der Waals surface area (Å²) in [5.74, 6) is -0.200. The zero-order valence-electron chi connectivity index (χ0n) is 51.6. The van der Waals surface area contributed by atoms with Crippen molar-refractivity contribution < 1.29 is 64.6 Å². The van der Waals surface area contributed by atoms with Gasteiger partial charge in [0.05, 0.1) is 32.0 Å². The summed E-state index contributed by atoms with van der Waals surface area (Å²) in [6, 6.07) is -0.822. The van der Waals surface area contributed by atoms with Crippen LogP contribution in [0.2, 0.25) is 0 Å². The summed E-state index contributed by atoms with van der Waals surface area (Å²) in [6.45, 7) is 2.89. The van der Waals surface area contributed by atoms with Gasteiger partial charge in [0, 0.05) is 6.42 Å². The summed E-state index contributed by atoms with van der Waals surface area (Å²) >= 11 is 0. The third-order valence-electron chi connectivity index (χ3n) is 17.3. The lowest BCUT2D eigenvalue weighted by Crippen LogP contribution is -2.65. The first-order valence-electron chi connectivity index (χ1n) is 34.3. The minimum Gasteiger partial charge on any atom is -0.394 e. The molecule has 2 aliphatic rings. The first-order valence-corrected chi connectivity index (χ1v) is 34.3. The number of ether oxygens (including phenoxy) is 4. The summed E-state index contributed by atoms with van der Waals surface area (Å²) in [6.07, 6.45) is 44.5. The van der Waals surface area contributed by atoms with E-state index in [0.29, 0.717) is 12.8 Å². The van der Waals surface area contributed by atoms with Crippen LogP contribution in [-0.4, -0.2) is 140 Å². The lowest BCUT2D eigenvalue weighted by molar-refractivity contribution is -0.359. The number of hydrogen-bond acceptors (Lipinski definition) is 13. The maximum absolute atomic E-state index is 13.3. The highest BCUT2D eigenvalue weighted by molar-refractivity contribution is 5.76. The van der Waals surface area contributed by atoms with Crippen molar-refractivity contribution >= 4 is 5.91 Å². The topological polar surface area (TPSA) is 228 Å². The number of rotatable bonds is 57. The molecule has 14 nitrogen and oxygen atoms in total. The monoisotopic (exact) mass is 1140 g/mol. The molecular weight excluding hydrogens is 1010 g/mol. The Bertz CT molecular complexity index is 1350. The highest BCUT2D eigenvalue weighted by Gasteiger charge is 2.51. The molecule has 80 heavy (non-hydrogen) atoms. The Balaban J connectivity index is 1.55. The molecule has 0 radical (unpaired) electrons. The van der Waals surface area contributed by atoms with Crippen LogP contribution in [0, 0.1) is 0 Å². The van der Waals surface area contributed by atoms with Gasteiger partial charge in [-0.2, -0.15) is 0 Å². The summed E-state index contributed by atoms with van der Waals surface area (Å²) in [5.41, 5.74) is 0. The quantitative estimate of drug-likeness (QED) is 0.0259. The average Bonchev–Trinajstić information content (AvgIpc) is 3.46. The molecule has 0 aliphatic carbocycles. The van der Waals surface area contributed by atoms with Crippen LogP contribution in [0.15, 0.2) is 0 Å². The fourth-order valence-electron chi connectivity index (χ4n) is 11.8. The van der Waals surface area contributed by atoms with Gasteiger partial charge >= 0.3 is 0 Å². The molecule has 1 amide bonds. The molecule has 9 N–H and O–H groups in total. The predicted molar refractivity (Wildman–Crippen MR) is 323 cm³/mol. The van der Waals surface area contributed by atoms with E-state index in [2.05, 4.69) is 19.2 Å². The SMILES string of the molecule is CCCCCCCCCCCCCCCCCCCCCCCCCCCCCCCCCCCCCC(=O)N[C@@H](CO[C@@H]1O[C@H](CO)[C@@H](O[C@@H]2O[C@H](CO)[C@H](O)C(O)C2O)C(O)C1O)[C@H](O)CCCCCCCCCCCCC. The van der Waals surface area contributed by atoms with Gasteiger partial charge < -0.3 is 65.1 Å². The second kappa shape index (κ2) is 52.3. The number of aliphatic hydroxyl groups excluding tert-OH is 8. The van der Waals surface area contributed by atoms with Gasteiger partial charge in [-0.15, -0.1) is 0 Å². The molecule has 2 fully saturated rings. The minimum atomic E-state index is -1.78. The van der Waals surface area contributed by atoms with Crippen LogP contribution in [0.5, 0.6) is 0 Å². The van der Waals surface area contributed by atoms with Crippen LogP contribution in [0.3, 0.4) is 0 Å². The average molecular weight is 1140 g/mol. The lowest BCUT2D eigenvalue weighted by atomic mass is 9.97. The Morgan fingerprint density at radius 1 is 0.400 bits per heavy atom. The van der Waals surface area contributed by atoms with Crippen molar-refractivity contribution in [3.63, 3.8) is 0 Å². The van der Waals surface area contributed by atoms with Crippen molar-refractivity contribution in [1.29, 1.82) is 0 Å². The Hall–Kier alpha value is -1.01. The van der Waals surface area contributed by atoms with Crippen molar-refractivity contribution in [2.24, 2.45) is 0 Å². The summed E-state index contributed by atoms with van der Waals surface area (Å²) < 4.78 is 22.8. The third kappa shape index (κ3) is 36.7. The maximum atomic E-state index is 13.3. The van der Waals surface area contributed by atoms with Gasteiger partial charge in [0.25, 0.3) is 0 Å². The van der Waals surface area contributed by atoms with Crippen LogP contribution in [0.25, 0.3) is 0 Å². The molecule has 0 saturated carbocycles. The molecule has 0 bridgehead atoms. The van der Waals surface area contributed by atoms with Gasteiger partial charge in [0.15, 0.2) is 12.6 Å². The van der Waals surface area contributed by atoms with Gasteiger partial charge in [0.2, 0.25) is 5.91 Å². The van der Waals surface area contributed by atoms with Crippen LogP contribution in [-0.2, 0) is 23.7 Å². The van der Waals surface area contributed by atoms with Crippen LogP contribution in [0.1, 0.15) is 322 Å². The molecule has 14 heteroatoms. The van der Waals surface area contributed by atoms with Gasteiger partial charge in [-0.25, -0.2) is 0 Å². The zero-order chi connectivity index (χ0) is 58.1. The summed E-state index contributed by atoms with van der Waals surface area (Å²) in [5, 5.41) is 87.2. The van der Waals surface area contributed by atoms with Crippen molar-refractivity contribution in [1.82, 2.24) is 5.32 Å². The summed E-state index contributed by atoms with van der Waals surface area (Å²) in [7, 11) is 0. The van der Waals surface area contributed by atoms with E-state index < -0.39 is 86.8 Å². The molecule has 12 atom stereocenters. The molecule has 2 rings (SSSR count). The molecule has 4 unspecified atom stereocenters. The molecule has 2 aliphatic heterocycles. The van der Waals surface area contributed by atoms with Crippen molar-refractivity contribution in [2.75, 3.05) is 19.8 Å². The normalized spacial score (nSPS) is 24.1. The highest BCUT2D eigenvalue weighted by Crippen LogP contribution is 2.30. The maximum Gasteiger partial charge on any atom is 0.220 e. The smallest absolute Gasteiger partial charge is 0.220 e. The molecule has 2 heterocycles. The second-order valence-electron chi connectivity index (χ2n) is 24.7. The number of aliphatic hydroxyl groups is 8. The predicted octanol–water partition coefficient (Wildman–Crippen LogP) is 13.2. The van der Waals surface area contributed by atoms with Crippen molar-refractivity contribution in [2.45, 2.75) is 396 Å². The van der Waals surface area contributed by atoms with Crippen molar-refractivity contribution in [3.05, 3.63) is 0 Å². The number of unbranched alkanes of at least 4 members (excludes halogenated alkanes) is 44. The molecule has 2 saturated heterocycles. The Kier molecular flexibility index (Phi) is 49.1. The Morgan fingerprint density at radius 2 is 0.713 bits per heavy atom. The largest absolute Gasteiger partial charge is 0.394 e. The number of carbonyl (C=O) groups is 1. The van der Waals surface area contributed by atoms with Gasteiger partial charge in [0.1, 0.15) is 48.8 Å². The van der Waals surface area contributed by atoms with E-state index in [1.54, 1.807) is 0 Å². The van der Waals surface area contributed by atoms with E-state index >= 15 is 0 Å². The fraction of sp³-hybridized carbons (Fsp3) is 0.985. The fourth-order valence-corrected chi connectivity index (χ4v) is 11.8. The van der Waals surface area contributed by atoms with Crippen LogP contribution < -0.4 is 5.32 Å². The van der Waals surface area contributed by atoms with E-state index in [0.717, 1.165) is 51.4 Å². The standard InChI is InChI=1S/C66H129NO13/c1-3-5-7-9-11-13-15-16-17-18-19-20-21-22-23-24-25-26-27-28-29-30-31-32-33-34-35-36-37-38-40-42-44-46-48-50-58(71)67-54(55(70)49-47-45-43-41-39-14-12-10-8-6-4-2)53-77-65-63(76)61(74)64(57(52-69)79-65)80-66-62(75)60(73)59(72)56(51-68)78-66/h54-57,59-66,68-70,72-76H,3-53H2,1-2H3,(H,67,71)/t54-,55+,56+,57+,59-,60?,61?,62?,63?,64+,65+,66-/m0/s1. The van der Waals surface area contributed by atoms with Crippen LogP contribution in [0.4, 0.5) is 0 Å². The van der Waals surface area contributed by atoms with E-state index in [9.17, 15) is 45.6 Å². The minimum absolute atomic E-state index is 0.200. The molecule has 0 aromatic heterocycles. The van der Waals surface area contributed by atoms with E-state index in [1.807, 2.05) is 0 Å². The highest BCUT2D eigenvalue weighted by atomic mass is 16.7. The number of carbonyl (C=O) groups excluding carboxylic acids is 1. The number of nitrogens with one attached hydrogen (secondary N) is 1. The Labute approximate surface area is 489 Å². The van der Waals surface area contributed by atoms with E-state index in [-0.39, 0.29) is 12.5 Å². The van der Waals surface area contributed by atoms with Crippen LogP contribution >= 0.6 is 0 Å². The first kappa shape index (κ1) is 75.1. The third-order valence-corrected chi connectivity index (χ3v) is 17.3. The Morgan fingerprint density at radius 3 is 1.06 bits per heavy atom. The number of amides is 1.